The predicted molar refractivity (Wildman–Crippen MR) is 56.6 cm³/mol. The van der Waals surface area contributed by atoms with E-state index in [1.54, 1.807) is 0 Å². The number of hydrogen-bond acceptors (Lipinski definition) is 1. The van der Waals surface area contributed by atoms with Crippen molar-refractivity contribution >= 4 is 0 Å². The van der Waals surface area contributed by atoms with Gasteiger partial charge in [0.05, 0.1) is 0 Å². The highest BCUT2D eigenvalue weighted by molar-refractivity contribution is 4.94. The van der Waals surface area contributed by atoms with Crippen LogP contribution in [-0.2, 0) is 0 Å². The molecular formula is C12H23N. The summed E-state index contributed by atoms with van der Waals surface area (Å²) in [4.78, 5) is 0. The SMILES string of the molecule is CNCC1CC1C1CCCCC1C. The van der Waals surface area contributed by atoms with Crippen molar-refractivity contribution in [3.63, 3.8) is 0 Å². The minimum absolute atomic E-state index is 1.01. The Balaban J connectivity index is 1.80. The van der Waals surface area contributed by atoms with Gasteiger partial charge in [0.25, 0.3) is 0 Å². The number of rotatable bonds is 3. The average molecular weight is 181 g/mol. The fraction of sp³-hybridized carbons (Fsp3) is 1.00. The van der Waals surface area contributed by atoms with Gasteiger partial charge >= 0.3 is 0 Å². The molecule has 76 valence electrons. The molecule has 0 radical (unpaired) electrons. The second kappa shape index (κ2) is 4.00. The lowest BCUT2D eigenvalue weighted by Crippen LogP contribution is -2.21. The van der Waals surface area contributed by atoms with Gasteiger partial charge in [0, 0.05) is 0 Å². The maximum atomic E-state index is 3.31. The topological polar surface area (TPSA) is 12.0 Å². The lowest BCUT2D eigenvalue weighted by molar-refractivity contribution is 0.219. The summed E-state index contributed by atoms with van der Waals surface area (Å²) in [7, 11) is 2.08. The summed E-state index contributed by atoms with van der Waals surface area (Å²) in [6.07, 6.45) is 7.51. The second-order valence-corrected chi connectivity index (χ2v) is 5.14. The zero-order chi connectivity index (χ0) is 9.26. The van der Waals surface area contributed by atoms with E-state index in [0.29, 0.717) is 0 Å². The van der Waals surface area contributed by atoms with Crippen LogP contribution in [0.2, 0.25) is 0 Å². The Hall–Kier alpha value is -0.0400. The Kier molecular flexibility index (Phi) is 2.92. The van der Waals surface area contributed by atoms with Crippen molar-refractivity contribution in [1.29, 1.82) is 0 Å². The van der Waals surface area contributed by atoms with Gasteiger partial charge in [-0.05, 0) is 50.1 Å². The first kappa shape index (κ1) is 9.51. The summed E-state index contributed by atoms with van der Waals surface area (Å²) < 4.78 is 0. The van der Waals surface area contributed by atoms with E-state index in [0.717, 1.165) is 23.7 Å². The molecule has 4 atom stereocenters. The Morgan fingerprint density at radius 1 is 1.15 bits per heavy atom. The molecule has 2 rings (SSSR count). The van der Waals surface area contributed by atoms with E-state index in [2.05, 4.69) is 19.3 Å². The standard InChI is InChI=1S/C12H23N/c1-9-5-3-4-6-11(9)12-7-10(12)8-13-2/h9-13H,3-8H2,1-2H3. The highest BCUT2D eigenvalue weighted by atomic mass is 14.8. The van der Waals surface area contributed by atoms with Gasteiger partial charge in [0.2, 0.25) is 0 Å². The van der Waals surface area contributed by atoms with Crippen molar-refractivity contribution in [3.05, 3.63) is 0 Å². The third kappa shape index (κ3) is 2.07. The van der Waals surface area contributed by atoms with E-state index in [4.69, 9.17) is 0 Å². The molecule has 2 fully saturated rings. The molecule has 2 saturated carbocycles. The monoisotopic (exact) mass is 181 g/mol. The molecule has 0 aromatic rings. The minimum Gasteiger partial charge on any atom is -0.319 e. The summed E-state index contributed by atoms with van der Waals surface area (Å²) in [5.74, 6) is 4.20. The summed E-state index contributed by atoms with van der Waals surface area (Å²) in [5.41, 5.74) is 0. The van der Waals surface area contributed by atoms with Crippen LogP contribution in [0.1, 0.15) is 39.0 Å². The van der Waals surface area contributed by atoms with Crippen molar-refractivity contribution in [2.24, 2.45) is 23.7 Å². The smallest absolute Gasteiger partial charge is 0.00207 e. The highest BCUT2D eigenvalue weighted by Crippen LogP contribution is 2.50. The maximum absolute atomic E-state index is 3.31. The molecular weight excluding hydrogens is 158 g/mol. The number of hydrogen-bond donors (Lipinski definition) is 1. The lowest BCUT2D eigenvalue weighted by atomic mass is 9.77. The van der Waals surface area contributed by atoms with E-state index in [-0.39, 0.29) is 0 Å². The van der Waals surface area contributed by atoms with Crippen LogP contribution in [0.4, 0.5) is 0 Å². The van der Waals surface area contributed by atoms with Gasteiger partial charge in [0.15, 0.2) is 0 Å². The van der Waals surface area contributed by atoms with E-state index in [1.807, 2.05) is 0 Å². The zero-order valence-electron chi connectivity index (χ0n) is 9.05. The van der Waals surface area contributed by atoms with Crippen LogP contribution >= 0.6 is 0 Å². The fourth-order valence-electron chi connectivity index (χ4n) is 3.27. The van der Waals surface area contributed by atoms with Crippen molar-refractivity contribution in [1.82, 2.24) is 5.32 Å². The first-order valence-corrected chi connectivity index (χ1v) is 5.97. The van der Waals surface area contributed by atoms with Crippen LogP contribution in [0, 0.1) is 23.7 Å². The lowest BCUT2D eigenvalue weighted by Gasteiger charge is -2.29. The van der Waals surface area contributed by atoms with Crippen molar-refractivity contribution < 1.29 is 0 Å². The van der Waals surface area contributed by atoms with Crippen molar-refractivity contribution in [2.45, 2.75) is 39.0 Å². The Labute approximate surface area is 82.3 Å². The molecule has 2 aliphatic rings. The van der Waals surface area contributed by atoms with Crippen LogP contribution in [0.25, 0.3) is 0 Å². The first-order valence-electron chi connectivity index (χ1n) is 5.97. The normalized spacial score (nSPS) is 44.8. The summed E-state index contributed by atoms with van der Waals surface area (Å²) in [6, 6.07) is 0. The summed E-state index contributed by atoms with van der Waals surface area (Å²) in [5, 5.41) is 3.31. The fourth-order valence-corrected chi connectivity index (χ4v) is 3.27. The van der Waals surface area contributed by atoms with Crippen LogP contribution in [0.15, 0.2) is 0 Å². The molecule has 1 nitrogen and oxygen atoms in total. The van der Waals surface area contributed by atoms with Crippen molar-refractivity contribution in [2.75, 3.05) is 13.6 Å². The van der Waals surface area contributed by atoms with Crippen LogP contribution < -0.4 is 5.32 Å². The molecule has 0 saturated heterocycles. The van der Waals surface area contributed by atoms with Gasteiger partial charge in [-0.3, -0.25) is 0 Å². The predicted octanol–water partition coefficient (Wildman–Crippen LogP) is 2.67. The molecule has 0 amide bonds. The maximum Gasteiger partial charge on any atom is -0.00207 e. The Morgan fingerprint density at radius 2 is 1.92 bits per heavy atom. The Morgan fingerprint density at radius 3 is 2.62 bits per heavy atom. The van der Waals surface area contributed by atoms with Gasteiger partial charge in [0.1, 0.15) is 0 Å². The zero-order valence-corrected chi connectivity index (χ0v) is 9.05. The van der Waals surface area contributed by atoms with Gasteiger partial charge in [-0.25, -0.2) is 0 Å². The molecule has 1 heteroatoms. The van der Waals surface area contributed by atoms with Gasteiger partial charge in [-0.15, -0.1) is 0 Å². The van der Waals surface area contributed by atoms with E-state index in [9.17, 15) is 0 Å². The molecule has 4 unspecified atom stereocenters. The van der Waals surface area contributed by atoms with E-state index in [1.165, 1.54) is 38.6 Å². The molecule has 0 aromatic carbocycles. The van der Waals surface area contributed by atoms with Crippen LogP contribution in [-0.4, -0.2) is 13.6 Å². The van der Waals surface area contributed by atoms with E-state index < -0.39 is 0 Å². The highest BCUT2D eigenvalue weighted by Gasteiger charge is 2.44. The van der Waals surface area contributed by atoms with Crippen LogP contribution in [0.3, 0.4) is 0 Å². The Bertz CT molecular complexity index is 167. The third-order valence-electron chi connectivity index (χ3n) is 4.17. The van der Waals surface area contributed by atoms with E-state index >= 15 is 0 Å². The molecule has 1 N–H and O–H groups in total. The second-order valence-electron chi connectivity index (χ2n) is 5.14. The first-order chi connectivity index (χ1) is 6.33. The minimum atomic E-state index is 1.01. The third-order valence-corrected chi connectivity index (χ3v) is 4.17. The molecule has 0 aromatic heterocycles. The van der Waals surface area contributed by atoms with Gasteiger partial charge in [-0.2, -0.15) is 0 Å². The molecule has 0 aliphatic heterocycles. The molecule has 0 spiro atoms. The van der Waals surface area contributed by atoms with Gasteiger partial charge < -0.3 is 5.32 Å². The molecule has 0 bridgehead atoms. The van der Waals surface area contributed by atoms with Crippen molar-refractivity contribution in [3.8, 4) is 0 Å². The molecule has 2 aliphatic carbocycles. The van der Waals surface area contributed by atoms with Crippen LogP contribution in [0.5, 0.6) is 0 Å². The largest absolute Gasteiger partial charge is 0.319 e. The average Bonchev–Trinajstić information content (AvgIpc) is 2.86. The quantitative estimate of drug-likeness (QED) is 0.706. The summed E-state index contributed by atoms with van der Waals surface area (Å²) in [6.45, 7) is 3.73. The number of nitrogens with one attached hydrogen (secondary N) is 1. The molecule has 13 heavy (non-hydrogen) atoms. The molecule has 0 heterocycles. The summed E-state index contributed by atoms with van der Waals surface area (Å²) >= 11 is 0. The van der Waals surface area contributed by atoms with Gasteiger partial charge in [-0.1, -0.05) is 26.2 Å².